The Morgan fingerprint density at radius 2 is 2.00 bits per heavy atom. The molecule has 2 aromatic carbocycles. The molecule has 0 spiro atoms. The van der Waals surface area contributed by atoms with Gasteiger partial charge < -0.3 is 4.74 Å². The molecular weight excluding hydrogens is 296 g/mol. The summed E-state index contributed by atoms with van der Waals surface area (Å²) in [6, 6.07) is 13.6. The monoisotopic (exact) mass is 312 g/mol. The smallest absolute Gasteiger partial charge is 0.264 e. The summed E-state index contributed by atoms with van der Waals surface area (Å²) in [6.45, 7) is 4.03. The largest absolute Gasteiger partial charge is 0.484 e. The molecule has 1 aromatic heterocycles. The van der Waals surface area contributed by atoms with E-state index < -0.39 is 0 Å². The van der Waals surface area contributed by atoms with E-state index >= 15 is 0 Å². The number of fused-ring (bicyclic) bond motifs is 1. The van der Waals surface area contributed by atoms with Crippen molar-refractivity contribution in [3.63, 3.8) is 0 Å². The number of hydrogen-bond donors (Lipinski definition) is 1. The van der Waals surface area contributed by atoms with Crippen LogP contribution in [0.1, 0.15) is 11.1 Å². The fourth-order valence-corrected chi connectivity index (χ4v) is 2.92. The Labute approximate surface area is 132 Å². The van der Waals surface area contributed by atoms with E-state index in [9.17, 15) is 4.79 Å². The lowest BCUT2D eigenvalue weighted by molar-refractivity contribution is -0.118. The van der Waals surface area contributed by atoms with Gasteiger partial charge in [-0.15, -0.1) is 0 Å². The second kappa shape index (κ2) is 6.15. The van der Waals surface area contributed by atoms with Crippen molar-refractivity contribution < 1.29 is 9.53 Å². The highest BCUT2D eigenvalue weighted by Gasteiger charge is 2.08. The van der Waals surface area contributed by atoms with Crippen LogP contribution < -0.4 is 10.1 Å². The third kappa shape index (κ3) is 3.26. The Balaban J connectivity index is 1.61. The van der Waals surface area contributed by atoms with Crippen molar-refractivity contribution in [1.29, 1.82) is 0 Å². The number of amides is 1. The van der Waals surface area contributed by atoms with Crippen molar-refractivity contribution in [3.05, 3.63) is 53.6 Å². The highest BCUT2D eigenvalue weighted by molar-refractivity contribution is 7.22. The normalized spacial score (nSPS) is 10.6. The molecule has 112 valence electrons. The first kappa shape index (κ1) is 14.5. The van der Waals surface area contributed by atoms with Gasteiger partial charge in [0.05, 0.1) is 10.2 Å². The second-order valence-electron chi connectivity index (χ2n) is 5.07. The zero-order valence-electron chi connectivity index (χ0n) is 12.4. The maximum atomic E-state index is 11.9. The van der Waals surface area contributed by atoms with Crippen molar-refractivity contribution in [1.82, 2.24) is 4.98 Å². The molecule has 1 N–H and O–H groups in total. The van der Waals surface area contributed by atoms with Crippen LogP contribution >= 0.6 is 11.3 Å². The standard InChI is InChI=1S/C17H16N2O2S/c1-11-7-8-13(9-12(11)2)21-10-16(20)19-17-18-14-5-3-4-6-15(14)22-17/h3-9H,10H2,1-2H3,(H,18,19,20). The zero-order valence-corrected chi connectivity index (χ0v) is 13.2. The number of benzene rings is 2. The van der Waals surface area contributed by atoms with Crippen LogP contribution in [0.5, 0.6) is 5.75 Å². The summed E-state index contributed by atoms with van der Waals surface area (Å²) in [5, 5.41) is 3.36. The number of anilines is 1. The quantitative estimate of drug-likeness (QED) is 0.794. The second-order valence-corrected chi connectivity index (χ2v) is 6.10. The van der Waals surface area contributed by atoms with E-state index in [-0.39, 0.29) is 12.5 Å². The lowest BCUT2D eigenvalue weighted by Crippen LogP contribution is -2.20. The molecule has 22 heavy (non-hydrogen) atoms. The number of nitrogens with one attached hydrogen (secondary N) is 1. The Bertz CT molecular complexity index is 793. The minimum absolute atomic E-state index is 0.0293. The van der Waals surface area contributed by atoms with Gasteiger partial charge in [0.2, 0.25) is 0 Å². The lowest BCUT2D eigenvalue weighted by Gasteiger charge is -2.07. The summed E-state index contributed by atoms with van der Waals surface area (Å²) >= 11 is 1.45. The number of carbonyl (C=O) groups is 1. The van der Waals surface area contributed by atoms with Gasteiger partial charge >= 0.3 is 0 Å². The van der Waals surface area contributed by atoms with Gasteiger partial charge in [0.1, 0.15) is 5.75 Å². The first-order valence-electron chi connectivity index (χ1n) is 6.97. The Kier molecular flexibility index (Phi) is 4.06. The number of carbonyl (C=O) groups excluding carboxylic acids is 1. The van der Waals surface area contributed by atoms with Crippen LogP contribution in [0.4, 0.5) is 5.13 Å². The molecule has 0 bridgehead atoms. The van der Waals surface area contributed by atoms with Gasteiger partial charge in [0.15, 0.2) is 11.7 Å². The van der Waals surface area contributed by atoms with Crippen molar-refractivity contribution in [2.45, 2.75) is 13.8 Å². The van der Waals surface area contributed by atoms with Crippen molar-refractivity contribution in [3.8, 4) is 5.75 Å². The van der Waals surface area contributed by atoms with E-state index in [0.717, 1.165) is 15.8 Å². The Hall–Kier alpha value is -2.40. The molecule has 3 aromatic rings. The van der Waals surface area contributed by atoms with E-state index in [1.807, 2.05) is 56.3 Å². The fraction of sp³-hybridized carbons (Fsp3) is 0.176. The third-order valence-electron chi connectivity index (χ3n) is 3.39. The Morgan fingerprint density at radius 3 is 2.77 bits per heavy atom. The number of nitrogens with zero attached hydrogens (tertiary/aromatic N) is 1. The van der Waals surface area contributed by atoms with Crippen LogP contribution in [0.3, 0.4) is 0 Å². The summed E-state index contributed by atoms with van der Waals surface area (Å²) in [4.78, 5) is 16.3. The van der Waals surface area contributed by atoms with Crippen LogP contribution in [0.2, 0.25) is 0 Å². The van der Waals surface area contributed by atoms with E-state index in [1.54, 1.807) is 0 Å². The molecule has 5 heteroatoms. The third-order valence-corrected chi connectivity index (χ3v) is 4.34. The molecule has 0 saturated heterocycles. The molecule has 0 aliphatic carbocycles. The number of rotatable bonds is 4. The molecule has 1 heterocycles. The van der Waals surface area contributed by atoms with E-state index in [0.29, 0.717) is 10.9 Å². The predicted octanol–water partition coefficient (Wildman–Crippen LogP) is 3.93. The molecule has 0 aliphatic heterocycles. The molecular formula is C17H16N2O2S. The maximum absolute atomic E-state index is 11.9. The van der Waals surface area contributed by atoms with Gasteiger partial charge in [0.25, 0.3) is 5.91 Å². The molecule has 1 amide bonds. The van der Waals surface area contributed by atoms with Gasteiger partial charge in [-0.25, -0.2) is 4.98 Å². The van der Waals surface area contributed by atoms with Crippen molar-refractivity contribution >= 4 is 32.6 Å². The number of hydrogen-bond acceptors (Lipinski definition) is 4. The fourth-order valence-electron chi connectivity index (χ4n) is 2.03. The SMILES string of the molecule is Cc1ccc(OCC(=O)Nc2nc3ccccc3s2)cc1C. The first-order chi connectivity index (χ1) is 10.6. The number of para-hydroxylation sites is 1. The minimum Gasteiger partial charge on any atom is -0.484 e. The molecule has 0 atom stereocenters. The van der Waals surface area contributed by atoms with Crippen LogP contribution in [-0.2, 0) is 4.79 Å². The topological polar surface area (TPSA) is 51.2 Å². The Morgan fingerprint density at radius 1 is 1.18 bits per heavy atom. The van der Waals surface area contributed by atoms with Crippen LogP contribution in [0.15, 0.2) is 42.5 Å². The summed E-state index contributed by atoms with van der Waals surface area (Å²) in [5.74, 6) is 0.486. The molecule has 0 fully saturated rings. The van der Waals surface area contributed by atoms with E-state index in [1.165, 1.54) is 16.9 Å². The highest BCUT2D eigenvalue weighted by atomic mass is 32.1. The summed E-state index contributed by atoms with van der Waals surface area (Å²) < 4.78 is 6.56. The van der Waals surface area contributed by atoms with Gasteiger partial charge in [0, 0.05) is 0 Å². The molecule has 0 aliphatic rings. The summed E-state index contributed by atoms with van der Waals surface area (Å²) in [7, 11) is 0. The molecule has 3 rings (SSSR count). The molecule has 0 radical (unpaired) electrons. The van der Waals surface area contributed by atoms with Crippen molar-refractivity contribution in [2.24, 2.45) is 0 Å². The van der Waals surface area contributed by atoms with Gasteiger partial charge in [-0.2, -0.15) is 0 Å². The average molecular weight is 312 g/mol. The number of thiazole rings is 1. The van der Waals surface area contributed by atoms with Crippen LogP contribution in [0.25, 0.3) is 10.2 Å². The highest BCUT2D eigenvalue weighted by Crippen LogP contribution is 2.25. The summed E-state index contributed by atoms with van der Waals surface area (Å²) in [6.07, 6.45) is 0. The number of aryl methyl sites for hydroxylation is 2. The molecule has 0 unspecified atom stereocenters. The molecule has 0 saturated carbocycles. The van der Waals surface area contributed by atoms with E-state index in [4.69, 9.17) is 4.74 Å². The average Bonchev–Trinajstić information content (AvgIpc) is 2.90. The zero-order chi connectivity index (χ0) is 15.5. The number of ether oxygens (including phenoxy) is 1. The first-order valence-corrected chi connectivity index (χ1v) is 7.79. The van der Waals surface area contributed by atoms with Gasteiger partial charge in [-0.1, -0.05) is 29.5 Å². The van der Waals surface area contributed by atoms with E-state index in [2.05, 4.69) is 10.3 Å². The maximum Gasteiger partial charge on any atom is 0.264 e. The van der Waals surface area contributed by atoms with Crippen LogP contribution in [-0.4, -0.2) is 17.5 Å². The summed E-state index contributed by atoms with van der Waals surface area (Å²) in [5.41, 5.74) is 3.23. The minimum atomic E-state index is -0.211. The number of aromatic nitrogens is 1. The van der Waals surface area contributed by atoms with Crippen molar-refractivity contribution in [2.75, 3.05) is 11.9 Å². The lowest BCUT2D eigenvalue weighted by atomic mass is 10.1. The van der Waals surface area contributed by atoms with Gasteiger partial charge in [-0.3, -0.25) is 10.1 Å². The molecule has 4 nitrogen and oxygen atoms in total. The van der Waals surface area contributed by atoms with Gasteiger partial charge in [-0.05, 0) is 49.2 Å². The predicted molar refractivity (Wildman–Crippen MR) is 89.7 cm³/mol. The van der Waals surface area contributed by atoms with Crippen LogP contribution in [0, 0.1) is 13.8 Å².